The highest BCUT2D eigenvalue weighted by Gasteiger charge is 2.46. The molecule has 3 aromatic carbocycles. The highest BCUT2D eigenvalue weighted by atomic mass is 19.1. The number of benzene rings is 3. The second-order valence-corrected chi connectivity index (χ2v) is 7.26. The van der Waals surface area contributed by atoms with E-state index >= 15 is 0 Å². The van der Waals surface area contributed by atoms with E-state index in [1.165, 1.54) is 18.2 Å². The summed E-state index contributed by atoms with van der Waals surface area (Å²) < 4.78 is 34.9. The predicted octanol–water partition coefficient (Wildman–Crippen LogP) is 3.23. The van der Waals surface area contributed by atoms with E-state index in [4.69, 9.17) is 4.74 Å². The highest BCUT2D eigenvalue weighted by Crippen LogP contribution is 2.39. The molecule has 3 aromatic rings. The molecule has 0 radical (unpaired) electrons. The van der Waals surface area contributed by atoms with Crippen LogP contribution in [0.2, 0.25) is 0 Å². The SMILES string of the molecule is CC1(C)c2ccccc2B2c3cc(F)ccc3Oc3ccc(F)c1c32. The van der Waals surface area contributed by atoms with E-state index in [-0.39, 0.29) is 18.3 Å². The van der Waals surface area contributed by atoms with E-state index in [0.717, 1.165) is 22.0 Å². The van der Waals surface area contributed by atoms with Crippen LogP contribution in [0.25, 0.3) is 0 Å². The monoisotopic (exact) mass is 332 g/mol. The van der Waals surface area contributed by atoms with E-state index in [0.29, 0.717) is 17.1 Å². The van der Waals surface area contributed by atoms with Crippen LogP contribution in [-0.2, 0) is 5.41 Å². The molecule has 122 valence electrons. The molecule has 0 saturated heterocycles. The first-order chi connectivity index (χ1) is 12.0. The molecular weight excluding hydrogens is 317 g/mol. The summed E-state index contributed by atoms with van der Waals surface area (Å²) in [5.74, 6) is 0.729. The average molecular weight is 332 g/mol. The van der Waals surface area contributed by atoms with Crippen molar-refractivity contribution in [3.8, 4) is 11.5 Å². The van der Waals surface area contributed by atoms with Crippen LogP contribution in [0, 0.1) is 11.6 Å². The maximum Gasteiger partial charge on any atom is 0.251 e. The summed E-state index contributed by atoms with van der Waals surface area (Å²) in [6, 6.07) is 15.7. The quantitative estimate of drug-likeness (QED) is 0.449. The van der Waals surface area contributed by atoms with E-state index in [9.17, 15) is 8.78 Å². The smallest absolute Gasteiger partial charge is 0.251 e. The maximum absolute atomic E-state index is 14.9. The molecule has 0 unspecified atom stereocenters. The van der Waals surface area contributed by atoms with Crippen molar-refractivity contribution in [3.05, 3.63) is 77.4 Å². The fourth-order valence-corrected chi connectivity index (χ4v) is 4.47. The van der Waals surface area contributed by atoms with Gasteiger partial charge in [-0.1, -0.05) is 43.6 Å². The van der Waals surface area contributed by atoms with Crippen molar-refractivity contribution < 1.29 is 13.5 Å². The van der Waals surface area contributed by atoms with Gasteiger partial charge < -0.3 is 4.74 Å². The Morgan fingerprint density at radius 2 is 1.64 bits per heavy atom. The lowest BCUT2D eigenvalue weighted by molar-refractivity contribution is 0.476. The molecule has 4 heteroatoms. The molecule has 0 amide bonds. The van der Waals surface area contributed by atoms with Gasteiger partial charge in [0.1, 0.15) is 23.1 Å². The Balaban J connectivity index is 1.94. The van der Waals surface area contributed by atoms with Crippen LogP contribution in [-0.4, -0.2) is 6.71 Å². The summed E-state index contributed by atoms with van der Waals surface area (Å²) in [5, 5.41) is 0. The lowest BCUT2D eigenvalue weighted by Gasteiger charge is -2.41. The second kappa shape index (κ2) is 4.72. The lowest BCUT2D eigenvalue weighted by Crippen LogP contribution is -2.62. The van der Waals surface area contributed by atoms with Crippen molar-refractivity contribution >= 4 is 23.1 Å². The van der Waals surface area contributed by atoms with Crippen LogP contribution in [0.5, 0.6) is 11.5 Å². The number of fused-ring (bicyclic) bond motifs is 4. The molecule has 0 atom stereocenters. The van der Waals surface area contributed by atoms with Crippen LogP contribution in [0.1, 0.15) is 25.0 Å². The second-order valence-electron chi connectivity index (χ2n) is 7.26. The summed E-state index contributed by atoms with van der Waals surface area (Å²) in [6.45, 7) is 3.84. The molecule has 0 aliphatic carbocycles. The molecule has 2 aliphatic rings. The Bertz CT molecular complexity index is 1040. The molecule has 25 heavy (non-hydrogen) atoms. The standard InChI is InChI=1S/C21H15BF2O/c1-21(2)13-5-3-4-6-14(13)22-15-11-12(23)7-9-17(15)25-18-10-8-16(24)19(21)20(18)22/h3-11H,1-2H3. The van der Waals surface area contributed by atoms with Gasteiger partial charge in [0, 0.05) is 5.41 Å². The summed E-state index contributed by atoms with van der Waals surface area (Å²) in [4.78, 5) is 0. The molecular formula is C21H15BF2O. The first kappa shape index (κ1) is 14.7. The van der Waals surface area contributed by atoms with Crippen LogP contribution >= 0.6 is 0 Å². The highest BCUT2D eigenvalue weighted by molar-refractivity contribution is 6.97. The van der Waals surface area contributed by atoms with Crippen molar-refractivity contribution in [2.45, 2.75) is 19.3 Å². The molecule has 2 aliphatic heterocycles. The van der Waals surface area contributed by atoms with E-state index < -0.39 is 5.41 Å². The largest absolute Gasteiger partial charge is 0.458 e. The molecule has 0 fully saturated rings. The Morgan fingerprint density at radius 3 is 2.48 bits per heavy atom. The number of rotatable bonds is 0. The van der Waals surface area contributed by atoms with Crippen molar-refractivity contribution in [2.24, 2.45) is 0 Å². The van der Waals surface area contributed by atoms with Crippen LogP contribution < -0.4 is 21.1 Å². The van der Waals surface area contributed by atoms with Gasteiger partial charge in [0.2, 0.25) is 0 Å². The summed E-state index contributed by atoms with van der Waals surface area (Å²) in [7, 11) is 0. The summed E-state index contributed by atoms with van der Waals surface area (Å²) >= 11 is 0. The number of hydrogen-bond donors (Lipinski definition) is 0. The third kappa shape index (κ3) is 1.82. The average Bonchev–Trinajstić information content (AvgIpc) is 2.59. The molecule has 5 rings (SSSR count). The molecule has 2 heterocycles. The minimum atomic E-state index is -0.489. The van der Waals surface area contributed by atoms with Gasteiger partial charge in [-0.25, -0.2) is 8.78 Å². The van der Waals surface area contributed by atoms with Gasteiger partial charge in [0.25, 0.3) is 6.71 Å². The fourth-order valence-electron chi connectivity index (χ4n) is 4.47. The number of ether oxygens (including phenoxy) is 1. The van der Waals surface area contributed by atoms with Crippen LogP contribution in [0.4, 0.5) is 8.78 Å². The molecule has 0 spiro atoms. The summed E-state index contributed by atoms with van der Waals surface area (Å²) in [5.41, 5.74) is 3.88. The van der Waals surface area contributed by atoms with Crippen molar-refractivity contribution in [3.63, 3.8) is 0 Å². The Kier molecular flexibility index (Phi) is 2.78. The Morgan fingerprint density at radius 1 is 0.880 bits per heavy atom. The molecule has 1 nitrogen and oxygen atoms in total. The van der Waals surface area contributed by atoms with Gasteiger partial charge in [-0.3, -0.25) is 0 Å². The summed E-state index contributed by atoms with van der Waals surface area (Å²) in [6.07, 6.45) is 0. The molecule has 0 N–H and O–H groups in total. The van der Waals surface area contributed by atoms with Gasteiger partial charge in [-0.2, -0.15) is 0 Å². The zero-order chi connectivity index (χ0) is 17.3. The third-order valence-corrected chi connectivity index (χ3v) is 5.52. The van der Waals surface area contributed by atoms with Gasteiger partial charge in [0.05, 0.1) is 0 Å². The topological polar surface area (TPSA) is 9.23 Å². The van der Waals surface area contributed by atoms with Crippen molar-refractivity contribution in [1.29, 1.82) is 0 Å². The Hall–Kier alpha value is -2.62. The predicted molar refractivity (Wildman–Crippen MR) is 96.1 cm³/mol. The van der Waals surface area contributed by atoms with Gasteiger partial charge >= 0.3 is 0 Å². The van der Waals surface area contributed by atoms with E-state index in [1.807, 2.05) is 32.0 Å². The zero-order valence-electron chi connectivity index (χ0n) is 13.9. The van der Waals surface area contributed by atoms with Gasteiger partial charge in [-0.05, 0) is 52.4 Å². The van der Waals surface area contributed by atoms with Crippen molar-refractivity contribution in [1.82, 2.24) is 0 Å². The molecule has 0 saturated carbocycles. The minimum absolute atomic E-state index is 0.218. The maximum atomic E-state index is 14.9. The van der Waals surface area contributed by atoms with E-state index in [2.05, 4.69) is 6.07 Å². The normalized spacial score (nSPS) is 15.8. The molecule has 0 aromatic heterocycles. The van der Waals surface area contributed by atoms with Crippen LogP contribution in [0.15, 0.2) is 54.6 Å². The first-order valence-electron chi connectivity index (χ1n) is 8.38. The molecule has 0 bridgehead atoms. The van der Waals surface area contributed by atoms with Crippen molar-refractivity contribution in [2.75, 3.05) is 0 Å². The Labute approximate surface area is 145 Å². The fraction of sp³-hybridized carbons (Fsp3) is 0.143. The van der Waals surface area contributed by atoms with Gasteiger partial charge in [-0.15, -0.1) is 0 Å². The number of hydrogen-bond acceptors (Lipinski definition) is 1. The first-order valence-corrected chi connectivity index (χ1v) is 8.38. The zero-order valence-corrected chi connectivity index (χ0v) is 13.9. The third-order valence-electron chi connectivity index (χ3n) is 5.52. The minimum Gasteiger partial charge on any atom is -0.458 e. The number of halogens is 2. The van der Waals surface area contributed by atoms with Crippen LogP contribution in [0.3, 0.4) is 0 Å². The lowest BCUT2D eigenvalue weighted by atomic mass is 9.30. The van der Waals surface area contributed by atoms with E-state index in [1.54, 1.807) is 12.1 Å². The van der Waals surface area contributed by atoms with Gasteiger partial charge in [0.15, 0.2) is 0 Å².